The first-order valence-electron chi connectivity index (χ1n) is 5.98. The minimum absolute atomic E-state index is 0.0890. The van der Waals surface area contributed by atoms with Gasteiger partial charge in [0.2, 0.25) is 0 Å². The van der Waals surface area contributed by atoms with Gasteiger partial charge >= 0.3 is 5.97 Å². The number of aliphatic hydroxyl groups is 1. The monoisotopic (exact) mass is 333 g/mol. The minimum Gasteiger partial charge on any atom is -0.481 e. The van der Waals surface area contributed by atoms with Crippen molar-refractivity contribution in [1.82, 2.24) is 4.98 Å². The van der Waals surface area contributed by atoms with Gasteiger partial charge in [0.15, 0.2) is 0 Å². The van der Waals surface area contributed by atoms with Crippen LogP contribution >= 0.6 is 27.3 Å². The van der Waals surface area contributed by atoms with Crippen LogP contribution in [0.2, 0.25) is 0 Å². The van der Waals surface area contributed by atoms with E-state index in [4.69, 9.17) is 5.11 Å². The number of thiazole rings is 1. The molecule has 1 aromatic rings. The van der Waals surface area contributed by atoms with E-state index in [9.17, 15) is 9.90 Å². The van der Waals surface area contributed by atoms with E-state index in [1.165, 1.54) is 11.3 Å². The lowest BCUT2D eigenvalue weighted by Crippen LogP contribution is -2.35. The Morgan fingerprint density at radius 2 is 2.11 bits per heavy atom. The van der Waals surface area contributed by atoms with Crippen molar-refractivity contribution in [3.63, 3.8) is 0 Å². The molecule has 0 aliphatic heterocycles. The maximum atomic E-state index is 10.9. The SMILES string of the molecule is CC(O)(c1ncc(Br)s1)[C@H]1CC[C@H](C(=O)O)CC1. The third-order valence-electron chi connectivity index (χ3n) is 3.78. The maximum Gasteiger partial charge on any atom is 0.306 e. The summed E-state index contributed by atoms with van der Waals surface area (Å²) in [6.45, 7) is 1.78. The third kappa shape index (κ3) is 2.75. The van der Waals surface area contributed by atoms with E-state index in [0.29, 0.717) is 17.8 Å². The summed E-state index contributed by atoms with van der Waals surface area (Å²) in [7, 11) is 0. The lowest BCUT2D eigenvalue weighted by molar-refractivity contribution is -0.144. The summed E-state index contributed by atoms with van der Waals surface area (Å²) < 4.78 is 0.900. The number of aliphatic carboxylic acids is 1. The molecule has 0 bridgehead atoms. The molecule has 2 N–H and O–H groups in total. The van der Waals surface area contributed by atoms with Crippen molar-refractivity contribution < 1.29 is 15.0 Å². The molecule has 0 saturated heterocycles. The van der Waals surface area contributed by atoms with E-state index in [-0.39, 0.29) is 11.8 Å². The highest BCUT2D eigenvalue weighted by Gasteiger charge is 2.39. The Labute approximate surface area is 118 Å². The Morgan fingerprint density at radius 3 is 2.56 bits per heavy atom. The highest BCUT2D eigenvalue weighted by atomic mass is 79.9. The van der Waals surface area contributed by atoms with Gasteiger partial charge in [-0.2, -0.15) is 0 Å². The Kier molecular flexibility index (Phi) is 4.08. The normalized spacial score (nSPS) is 27.7. The van der Waals surface area contributed by atoms with Crippen LogP contribution in [0.25, 0.3) is 0 Å². The van der Waals surface area contributed by atoms with Gasteiger partial charge in [-0.05, 0) is 54.5 Å². The molecule has 0 aromatic carbocycles. The average Bonchev–Trinajstić information content (AvgIpc) is 2.76. The first-order valence-corrected chi connectivity index (χ1v) is 7.59. The summed E-state index contributed by atoms with van der Waals surface area (Å²) in [5.74, 6) is -0.878. The van der Waals surface area contributed by atoms with Crippen molar-refractivity contribution in [2.24, 2.45) is 11.8 Å². The lowest BCUT2D eigenvalue weighted by atomic mass is 9.74. The van der Waals surface area contributed by atoms with E-state index in [1.807, 2.05) is 0 Å². The van der Waals surface area contributed by atoms with Crippen LogP contribution in [-0.2, 0) is 10.4 Å². The second-order valence-corrected chi connectivity index (χ2v) is 7.41. The molecule has 1 saturated carbocycles. The zero-order chi connectivity index (χ0) is 13.3. The van der Waals surface area contributed by atoms with E-state index in [2.05, 4.69) is 20.9 Å². The minimum atomic E-state index is -0.958. The molecule has 4 nitrogen and oxygen atoms in total. The number of hydrogen-bond donors (Lipinski definition) is 2. The Balaban J connectivity index is 2.06. The third-order valence-corrected chi connectivity index (χ3v) is 5.48. The number of halogens is 1. The second-order valence-electron chi connectivity index (χ2n) is 5.00. The molecular weight excluding hydrogens is 318 g/mol. The number of carboxylic acid groups (broad SMARTS) is 1. The standard InChI is InChI=1S/C12H16BrNO3S/c1-12(17,11-14-6-9(13)18-11)8-4-2-7(3-5-8)10(15)16/h6-8,17H,2-5H2,1H3,(H,15,16)/t7-,8-,12?. The van der Waals surface area contributed by atoms with Crippen molar-refractivity contribution in [2.75, 3.05) is 0 Å². The average molecular weight is 334 g/mol. The van der Waals surface area contributed by atoms with Gasteiger partial charge < -0.3 is 10.2 Å². The quantitative estimate of drug-likeness (QED) is 0.891. The highest BCUT2D eigenvalue weighted by molar-refractivity contribution is 9.11. The molecule has 0 radical (unpaired) electrons. The van der Waals surface area contributed by atoms with Crippen LogP contribution in [0.15, 0.2) is 9.98 Å². The number of carbonyl (C=O) groups is 1. The van der Waals surface area contributed by atoms with Crippen LogP contribution in [0.5, 0.6) is 0 Å². The van der Waals surface area contributed by atoms with Crippen molar-refractivity contribution in [2.45, 2.75) is 38.2 Å². The van der Waals surface area contributed by atoms with Crippen LogP contribution in [-0.4, -0.2) is 21.2 Å². The lowest BCUT2D eigenvalue weighted by Gasteiger charge is -2.35. The molecule has 100 valence electrons. The summed E-state index contributed by atoms with van der Waals surface area (Å²) >= 11 is 4.78. The van der Waals surface area contributed by atoms with Crippen LogP contribution in [0.1, 0.15) is 37.6 Å². The fourth-order valence-corrected chi connectivity index (χ4v) is 3.90. The van der Waals surface area contributed by atoms with Crippen LogP contribution in [0.3, 0.4) is 0 Å². The molecule has 2 rings (SSSR count). The first-order chi connectivity index (χ1) is 8.41. The van der Waals surface area contributed by atoms with E-state index in [1.54, 1.807) is 13.1 Å². The number of carboxylic acids is 1. The Hall–Kier alpha value is -0.460. The van der Waals surface area contributed by atoms with Gasteiger partial charge in [-0.1, -0.05) is 0 Å². The van der Waals surface area contributed by atoms with E-state index < -0.39 is 11.6 Å². The zero-order valence-electron chi connectivity index (χ0n) is 10.1. The first kappa shape index (κ1) is 14.0. The van der Waals surface area contributed by atoms with Gasteiger partial charge in [-0.3, -0.25) is 4.79 Å². The van der Waals surface area contributed by atoms with Gasteiger partial charge in [-0.15, -0.1) is 11.3 Å². The zero-order valence-corrected chi connectivity index (χ0v) is 12.5. The van der Waals surface area contributed by atoms with Crippen LogP contribution < -0.4 is 0 Å². The van der Waals surface area contributed by atoms with E-state index >= 15 is 0 Å². The summed E-state index contributed by atoms with van der Waals surface area (Å²) in [5, 5.41) is 20.3. The molecule has 0 spiro atoms. The predicted octanol–water partition coefficient (Wildman–Crippen LogP) is 3.00. The number of rotatable bonds is 3. The number of nitrogens with zero attached hydrogens (tertiary/aromatic N) is 1. The molecule has 1 unspecified atom stereocenters. The van der Waals surface area contributed by atoms with Crippen molar-refractivity contribution >= 4 is 33.2 Å². The second kappa shape index (κ2) is 5.27. The van der Waals surface area contributed by atoms with Crippen LogP contribution in [0, 0.1) is 11.8 Å². The molecule has 0 amide bonds. The summed E-state index contributed by atoms with van der Waals surface area (Å²) in [6, 6.07) is 0. The largest absolute Gasteiger partial charge is 0.481 e. The summed E-state index contributed by atoms with van der Waals surface area (Å²) in [6.07, 6.45) is 4.45. The number of aromatic nitrogens is 1. The molecular formula is C12H16BrNO3S. The van der Waals surface area contributed by atoms with Crippen molar-refractivity contribution in [3.05, 3.63) is 15.0 Å². The van der Waals surface area contributed by atoms with E-state index in [0.717, 1.165) is 16.6 Å². The predicted molar refractivity (Wildman–Crippen MR) is 72.5 cm³/mol. The molecule has 1 aromatic heterocycles. The van der Waals surface area contributed by atoms with Gasteiger partial charge in [0.05, 0.1) is 15.9 Å². The fourth-order valence-electron chi connectivity index (χ4n) is 2.57. The molecule has 1 aliphatic rings. The molecule has 6 heteroatoms. The fraction of sp³-hybridized carbons (Fsp3) is 0.667. The molecule has 1 aliphatic carbocycles. The van der Waals surface area contributed by atoms with Gasteiger partial charge in [0.25, 0.3) is 0 Å². The van der Waals surface area contributed by atoms with Gasteiger partial charge in [-0.25, -0.2) is 4.98 Å². The van der Waals surface area contributed by atoms with Crippen molar-refractivity contribution in [1.29, 1.82) is 0 Å². The summed E-state index contributed by atoms with van der Waals surface area (Å²) in [4.78, 5) is 15.1. The Bertz CT molecular complexity index is 438. The molecule has 1 atom stereocenters. The Morgan fingerprint density at radius 1 is 1.50 bits per heavy atom. The van der Waals surface area contributed by atoms with Gasteiger partial charge in [0.1, 0.15) is 10.6 Å². The molecule has 1 fully saturated rings. The topological polar surface area (TPSA) is 70.4 Å². The maximum absolute atomic E-state index is 10.9. The van der Waals surface area contributed by atoms with Crippen LogP contribution in [0.4, 0.5) is 0 Å². The highest BCUT2D eigenvalue weighted by Crippen LogP contribution is 2.42. The van der Waals surface area contributed by atoms with Crippen molar-refractivity contribution in [3.8, 4) is 0 Å². The van der Waals surface area contributed by atoms with Gasteiger partial charge in [0, 0.05) is 0 Å². The summed E-state index contributed by atoms with van der Waals surface area (Å²) in [5.41, 5.74) is -0.958. The number of hydrogen-bond acceptors (Lipinski definition) is 4. The molecule has 1 heterocycles. The smallest absolute Gasteiger partial charge is 0.306 e. The molecule has 18 heavy (non-hydrogen) atoms.